The highest BCUT2D eigenvalue weighted by atomic mass is 19.1. The molecule has 6 heteroatoms. The van der Waals surface area contributed by atoms with Gasteiger partial charge in [-0.3, -0.25) is 14.7 Å². The van der Waals surface area contributed by atoms with Gasteiger partial charge in [-0.15, -0.1) is 0 Å². The summed E-state index contributed by atoms with van der Waals surface area (Å²) in [5, 5.41) is 9.74. The first-order valence-electron chi connectivity index (χ1n) is 14.8. The molecule has 3 aromatic rings. The summed E-state index contributed by atoms with van der Waals surface area (Å²) in [5.74, 6) is -0.158. The van der Waals surface area contributed by atoms with Crippen LogP contribution in [-0.4, -0.2) is 34.0 Å². The van der Waals surface area contributed by atoms with Crippen molar-refractivity contribution in [3.05, 3.63) is 82.4 Å². The number of rotatable bonds is 8. The summed E-state index contributed by atoms with van der Waals surface area (Å²) in [7, 11) is 0. The summed E-state index contributed by atoms with van der Waals surface area (Å²) in [5.41, 5.74) is 6.77. The minimum absolute atomic E-state index is 0.0117. The number of aryl methyl sites for hydroxylation is 2. The SMILES string of the molecule is Cc1cc(-c2ccc(C3CCc4ccc([C@H](C5CC5)[C@H](C)C(=O)O)cc4O3)cc2C(C)N2CCCC2)c(F)cn1. The van der Waals surface area contributed by atoms with Gasteiger partial charge in [-0.1, -0.05) is 31.2 Å². The van der Waals surface area contributed by atoms with E-state index in [1.807, 2.05) is 19.9 Å². The highest BCUT2D eigenvalue weighted by Crippen LogP contribution is 2.48. The maximum Gasteiger partial charge on any atom is 0.306 e. The largest absolute Gasteiger partial charge is 0.485 e. The molecule has 1 aliphatic carbocycles. The van der Waals surface area contributed by atoms with Crippen molar-refractivity contribution in [2.75, 3.05) is 13.1 Å². The zero-order valence-electron chi connectivity index (χ0n) is 23.7. The molecule has 2 fully saturated rings. The minimum atomic E-state index is -0.742. The molecule has 2 aliphatic heterocycles. The van der Waals surface area contributed by atoms with E-state index in [-0.39, 0.29) is 23.9 Å². The van der Waals surface area contributed by atoms with E-state index < -0.39 is 11.9 Å². The van der Waals surface area contributed by atoms with Crippen LogP contribution in [0.2, 0.25) is 0 Å². The normalized spacial score (nSPS) is 21.4. The predicted octanol–water partition coefficient (Wildman–Crippen LogP) is 7.63. The third-order valence-electron chi connectivity index (χ3n) is 9.35. The third kappa shape index (κ3) is 5.26. The molecule has 210 valence electrons. The van der Waals surface area contributed by atoms with E-state index in [0.717, 1.165) is 72.5 Å². The first kappa shape index (κ1) is 26.9. The molecular weight excluding hydrogens is 503 g/mol. The number of carboxylic acids is 1. The number of hydrogen-bond acceptors (Lipinski definition) is 4. The number of pyridine rings is 1. The Morgan fingerprint density at radius 3 is 2.55 bits per heavy atom. The van der Waals surface area contributed by atoms with Crippen molar-refractivity contribution in [1.82, 2.24) is 9.88 Å². The van der Waals surface area contributed by atoms with Gasteiger partial charge in [0, 0.05) is 17.3 Å². The molecule has 2 aromatic carbocycles. The number of benzene rings is 2. The molecule has 3 aliphatic rings. The fourth-order valence-corrected chi connectivity index (χ4v) is 6.85. The zero-order valence-corrected chi connectivity index (χ0v) is 23.7. The number of carbonyl (C=O) groups is 1. The van der Waals surface area contributed by atoms with Gasteiger partial charge in [0.1, 0.15) is 17.7 Å². The summed E-state index contributed by atoms with van der Waals surface area (Å²) in [6.45, 7) is 8.05. The van der Waals surface area contributed by atoms with Crippen molar-refractivity contribution >= 4 is 5.97 Å². The lowest BCUT2D eigenvalue weighted by Gasteiger charge is -2.31. The summed E-state index contributed by atoms with van der Waals surface area (Å²) in [4.78, 5) is 18.5. The smallest absolute Gasteiger partial charge is 0.306 e. The van der Waals surface area contributed by atoms with Crippen molar-refractivity contribution in [2.45, 2.75) is 77.4 Å². The van der Waals surface area contributed by atoms with Crippen LogP contribution in [0.15, 0.2) is 48.7 Å². The average molecular weight is 543 g/mol. The van der Waals surface area contributed by atoms with Gasteiger partial charge in [0.25, 0.3) is 0 Å². The number of fused-ring (bicyclic) bond motifs is 1. The lowest BCUT2D eigenvalue weighted by atomic mass is 9.82. The standard InChI is InChI=1S/C34H39FN2O3/c1-20-16-29(30(35)19-36-20)27-12-10-25(17-28(27)22(3)37-14-4-5-15-37)31-13-11-23-6-9-26(18-32(23)40-31)33(24-7-8-24)21(2)34(38)39/h6,9-10,12,16-19,21-22,24,31,33H,4-5,7-8,11,13-15H2,1-3H3,(H,38,39)/t21-,22?,31?,33-/m0/s1. The van der Waals surface area contributed by atoms with Crippen LogP contribution in [0.5, 0.6) is 5.75 Å². The van der Waals surface area contributed by atoms with Crippen LogP contribution in [0.1, 0.15) is 92.0 Å². The molecule has 1 saturated carbocycles. The highest BCUT2D eigenvalue weighted by Gasteiger charge is 2.39. The number of carboxylic acid groups (broad SMARTS) is 1. The van der Waals surface area contributed by atoms with E-state index in [9.17, 15) is 9.90 Å². The van der Waals surface area contributed by atoms with Crippen LogP contribution in [0.25, 0.3) is 11.1 Å². The Bertz CT molecular complexity index is 1410. The molecule has 0 bridgehead atoms. The number of likely N-dealkylation sites (tertiary alicyclic amines) is 1. The molecule has 1 aromatic heterocycles. The van der Waals surface area contributed by atoms with Gasteiger partial charge >= 0.3 is 5.97 Å². The molecule has 1 N–H and O–H groups in total. The molecule has 2 unspecified atom stereocenters. The van der Waals surface area contributed by atoms with Crippen LogP contribution in [-0.2, 0) is 11.2 Å². The second-order valence-corrected chi connectivity index (χ2v) is 12.1. The van der Waals surface area contributed by atoms with Crippen LogP contribution in [0.4, 0.5) is 4.39 Å². The molecule has 0 amide bonds. The number of aromatic nitrogens is 1. The molecule has 6 rings (SSSR count). The lowest BCUT2D eigenvalue weighted by Crippen LogP contribution is -2.24. The molecule has 4 atom stereocenters. The lowest BCUT2D eigenvalue weighted by molar-refractivity contribution is -0.142. The van der Waals surface area contributed by atoms with Crippen molar-refractivity contribution in [3.63, 3.8) is 0 Å². The molecule has 40 heavy (non-hydrogen) atoms. The summed E-state index contributed by atoms with van der Waals surface area (Å²) < 4.78 is 21.7. The van der Waals surface area contributed by atoms with E-state index in [2.05, 4.69) is 53.2 Å². The van der Waals surface area contributed by atoms with Crippen molar-refractivity contribution < 1.29 is 19.0 Å². The minimum Gasteiger partial charge on any atom is -0.485 e. The Labute approximate surface area is 236 Å². The number of ether oxygens (including phenoxy) is 1. The van der Waals surface area contributed by atoms with Gasteiger partial charge < -0.3 is 9.84 Å². The zero-order chi connectivity index (χ0) is 28.0. The Hall–Kier alpha value is -3.25. The maximum absolute atomic E-state index is 15.0. The predicted molar refractivity (Wildman–Crippen MR) is 154 cm³/mol. The maximum atomic E-state index is 15.0. The molecular formula is C34H39FN2O3. The quantitative estimate of drug-likeness (QED) is 0.317. The first-order valence-corrected chi connectivity index (χ1v) is 14.8. The Morgan fingerprint density at radius 2 is 1.82 bits per heavy atom. The van der Waals surface area contributed by atoms with E-state index in [0.29, 0.717) is 11.5 Å². The molecule has 5 nitrogen and oxygen atoms in total. The Balaban J connectivity index is 1.34. The third-order valence-corrected chi connectivity index (χ3v) is 9.35. The average Bonchev–Trinajstić information content (AvgIpc) is 3.64. The number of nitrogens with zero attached hydrogens (tertiary/aromatic N) is 2. The van der Waals surface area contributed by atoms with Gasteiger partial charge in [-0.2, -0.15) is 0 Å². The molecule has 1 saturated heterocycles. The van der Waals surface area contributed by atoms with Gasteiger partial charge in [0.15, 0.2) is 0 Å². The molecule has 0 spiro atoms. The van der Waals surface area contributed by atoms with Gasteiger partial charge in [-0.25, -0.2) is 4.39 Å². The van der Waals surface area contributed by atoms with Crippen molar-refractivity contribution in [1.29, 1.82) is 0 Å². The van der Waals surface area contributed by atoms with Crippen molar-refractivity contribution in [3.8, 4) is 16.9 Å². The monoisotopic (exact) mass is 542 g/mol. The topological polar surface area (TPSA) is 62.7 Å². The Morgan fingerprint density at radius 1 is 1.05 bits per heavy atom. The molecule has 3 heterocycles. The summed E-state index contributed by atoms with van der Waals surface area (Å²) >= 11 is 0. The van der Waals surface area contributed by atoms with Crippen molar-refractivity contribution in [2.24, 2.45) is 11.8 Å². The van der Waals surface area contributed by atoms with Crippen LogP contribution >= 0.6 is 0 Å². The summed E-state index contributed by atoms with van der Waals surface area (Å²) in [6.07, 6.45) is 7.53. The number of hydrogen-bond donors (Lipinski definition) is 1. The van der Waals surface area contributed by atoms with Gasteiger partial charge in [-0.05, 0) is 123 Å². The fourth-order valence-electron chi connectivity index (χ4n) is 6.85. The van der Waals surface area contributed by atoms with Crippen LogP contribution in [0, 0.1) is 24.6 Å². The van der Waals surface area contributed by atoms with Gasteiger partial charge in [0.2, 0.25) is 0 Å². The second kappa shape index (κ2) is 11.0. The Kier molecular flexibility index (Phi) is 7.39. The number of halogens is 1. The van der Waals surface area contributed by atoms with E-state index in [4.69, 9.17) is 4.74 Å². The van der Waals surface area contributed by atoms with Gasteiger partial charge in [0.05, 0.1) is 12.1 Å². The van der Waals surface area contributed by atoms with E-state index in [1.165, 1.54) is 24.6 Å². The summed E-state index contributed by atoms with van der Waals surface area (Å²) in [6, 6.07) is 14.7. The van der Waals surface area contributed by atoms with E-state index >= 15 is 4.39 Å². The van der Waals surface area contributed by atoms with Crippen LogP contribution < -0.4 is 4.74 Å². The molecule has 0 radical (unpaired) electrons. The fraction of sp³-hybridized carbons (Fsp3) is 0.471. The van der Waals surface area contributed by atoms with Crippen LogP contribution in [0.3, 0.4) is 0 Å². The second-order valence-electron chi connectivity index (χ2n) is 12.1. The number of aliphatic carboxylic acids is 1. The first-order chi connectivity index (χ1) is 19.3. The van der Waals surface area contributed by atoms with E-state index in [1.54, 1.807) is 0 Å². The highest BCUT2D eigenvalue weighted by molar-refractivity contribution is 5.71.